The van der Waals surface area contributed by atoms with Crippen molar-refractivity contribution in [2.75, 3.05) is 31.6 Å². The third-order valence-electron chi connectivity index (χ3n) is 7.65. The van der Waals surface area contributed by atoms with Crippen molar-refractivity contribution in [3.63, 3.8) is 0 Å². The lowest BCUT2D eigenvalue weighted by Crippen LogP contribution is -2.38. The molecule has 1 fully saturated rings. The van der Waals surface area contributed by atoms with Gasteiger partial charge in [0, 0.05) is 44.3 Å². The molecule has 0 aliphatic carbocycles. The Bertz CT molecular complexity index is 1770. The molecule has 4 heterocycles. The molecule has 1 aliphatic heterocycles. The van der Waals surface area contributed by atoms with Crippen molar-refractivity contribution in [3.8, 4) is 22.1 Å². The van der Waals surface area contributed by atoms with Gasteiger partial charge in [0.1, 0.15) is 11.7 Å². The van der Waals surface area contributed by atoms with E-state index in [4.69, 9.17) is 10.5 Å². The van der Waals surface area contributed by atoms with Crippen molar-refractivity contribution in [2.45, 2.75) is 25.3 Å². The lowest BCUT2D eigenvalue weighted by molar-refractivity contribution is -0.128. The first-order valence-electron chi connectivity index (χ1n) is 14.1. The number of pyridine rings is 1. The molecule has 9 nitrogen and oxygen atoms in total. The van der Waals surface area contributed by atoms with Crippen molar-refractivity contribution in [2.24, 2.45) is 5.73 Å². The minimum Gasteiger partial charge on any atom is -0.453 e. The minimum atomic E-state index is -1.36. The third kappa shape index (κ3) is 6.13. The first-order chi connectivity index (χ1) is 20.9. The number of carbonyl (C=O) groups is 2. The van der Waals surface area contributed by atoms with Crippen molar-refractivity contribution in [3.05, 3.63) is 90.8 Å². The Morgan fingerprint density at radius 3 is 2.58 bits per heavy atom. The second kappa shape index (κ2) is 12.3. The van der Waals surface area contributed by atoms with Crippen LogP contribution < -0.4 is 15.4 Å². The fourth-order valence-corrected chi connectivity index (χ4v) is 6.32. The SMILES string of the molecule is CN(C(=O)C(C(N)=O)c1ccc(Oc2ccnc3cc(-c4cn(CCN5CCCC5)cn4)sc23)c(F)c1)c1ccccc1. The molecule has 1 unspecified atom stereocenters. The number of imidazole rings is 1. The van der Waals surface area contributed by atoms with Crippen molar-refractivity contribution >= 4 is 39.1 Å². The highest BCUT2D eigenvalue weighted by atomic mass is 32.1. The number of likely N-dealkylation sites (tertiary alicyclic amines) is 1. The van der Waals surface area contributed by atoms with E-state index in [1.165, 1.54) is 41.2 Å². The average molecular weight is 599 g/mol. The quantitative estimate of drug-likeness (QED) is 0.215. The largest absolute Gasteiger partial charge is 0.453 e. The van der Waals surface area contributed by atoms with Gasteiger partial charge in [0.15, 0.2) is 11.6 Å². The summed E-state index contributed by atoms with van der Waals surface area (Å²) in [5.74, 6) is -3.14. The van der Waals surface area contributed by atoms with Gasteiger partial charge in [-0.05, 0) is 61.8 Å². The number of likely N-dealkylation sites (N-methyl/N-ethyl adjacent to an activating group) is 1. The molecule has 2 N–H and O–H groups in total. The molecule has 43 heavy (non-hydrogen) atoms. The summed E-state index contributed by atoms with van der Waals surface area (Å²) in [6.07, 6.45) is 8.02. The molecular weight excluding hydrogens is 567 g/mol. The number of nitrogens with zero attached hydrogens (tertiary/aromatic N) is 5. The van der Waals surface area contributed by atoms with Crippen LogP contribution >= 0.6 is 11.3 Å². The molecule has 220 valence electrons. The van der Waals surface area contributed by atoms with Crippen LogP contribution in [-0.4, -0.2) is 57.9 Å². The number of thiophene rings is 1. The van der Waals surface area contributed by atoms with Crippen LogP contribution in [-0.2, 0) is 16.1 Å². The van der Waals surface area contributed by atoms with E-state index in [1.54, 1.807) is 43.6 Å². The molecule has 6 rings (SSSR count). The Hall–Kier alpha value is -4.61. The number of amides is 2. The molecule has 3 aromatic heterocycles. The van der Waals surface area contributed by atoms with Gasteiger partial charge in [-0.1, -0.05) is 24.3 Å². The van der Waals surface area contributed by atoms with Crippen LogP contribution in [0.1, 0.15) is 24.3 Å². The van der Waals surface area contributed by atoms with Gasteiger partial charge >= 0.3 is 0 Å². The molecule has 0 saturated carbocycles. The zero-order valence-corrected chi connectivity index (χ0v) is 24.5. The molecule has 0 spiro atoms. The summed E-state index contributed by atoms with van der Waals surface area (Å²) in [5.41, 5.74) is 7.89. The number of ether oxygens (including phenoxy) is 1. The predicted molar refractivity (Wildman–Crippen MR) is 165 cm³/mol. The van der Waals surface area contributed by atoms with Crippen LogP contribution in [0.4, 0.5) is 10.1 Å². The number of benzene rings is 2. The molecule has 11 heteroatoms. The van der Waals surface area contributed by atoms with Gasteiger partial charge in [0.05, 0.1) is 27.1 Å². The highest BCUT2D eigenvalue weighted by Gasteiger charge is 2.31. The van der Waals surface area contributed by atoms with E-state index in [2.05, 4.69) is 19.4 Å². The number of aromatic nitrogens is 3. The van der Waals surface area contributed by atoms with E-state index in [0.717, 1.165) is 47.5 Å². The van der Waals surface area contributed by atoms with Crippen molar-refractivity contribution in [1.82, 2.24) is 19.4 Å². The van der Waals surface area contributed by atoms with E-state index in [-0.39, 0.29) is 11.3 Å². The summed E-state index contributed by atoms with van der Waals surface area (Å²) >= 11 is 1.47. The predicted octanol–water partition coefficient (Wildman–Crippen LogP) is 5.42. The number of anilines is 1. The minimum absolute atomic E-state index is 0.0514. The summed E-state index contributed by atoms with van der Waals surface area (Å²) in [6.45, 7) is 4.20. The van der Waals surface area contributed by atoms with Gasteiger partial charge in [-0.15, -0.1) is 11.3 Å². The lowest BCUT2D eigenvalue weighted by Gasteiger charge is -2.22. The fourth-order valence-electron chi connectivity index (χ4n) is 5.29. The van der Waals surface area contributed by atoms with Gasteiger partial charge in [0.25, 0.3) is 0 Å². The normalized spacial score (nSPS) is 14.2. The van der Waals surface area contributed by atoms with Crippen LogP contribution in [0.2, 0.25) is 0 Å². The molecular formula is C32H31FN6O3S. The number of para-hydroxylation sites is 1. The monoisotopic (exact) mass is 598 g/mol. The maximum atomic E-state index is 15.4. The first-order valence-corrected chi connectivity index (χ1v) is 14.9. The summed E-state index contributed by atoms with van der Waals surface area (Å²) in [5, 5.41) is 0. The number of hydrogen-bond acceptors (Lipinski definition) is 7. The second-order valence-electron chi connectivity index (χ2n) is 10.5. The number of rotatable bonds is 10. The van der Waals surface area contributed by atoms with E-state index in [9.17, 15) is 9.59 Å². The zero-order valence-electron chi connectivity index (χ0n) is 23.6. The molecule has 1 aliphatic rings. The number of nitrogens with two attached hydrogens (primary N) is 1. The maximum absolute atomic E-state index is 15.4. The summed E-state index contributed by atoms with van der Waals surface area (Å²) in [7, 11) is 1.55. The van der Waals surface area contributed by atoms with E-state index in [1.807, 2.05) is 24.7 Å². The Labute approximate surface area is 252 Å². The molecule has 2 amide bonds. The van der Waals surface area contributed by atoms with Crippen LogP contribution in [0, 0.1) is 5.82 Å². The first kappa shape index (κ1) is 28.5. The molecule has 0 bridgehead atoms. The number of carbonyl (C=O) groups excluding carboxylic acids is 2. The fraction of sp³-hybridized carbons (Fsp3) is 0.250. The third-order valence-corrected chi connectivity index (χ3v) is 8.81. The molecule has 1 atom stereocenters. The van der Waals surface area contributed by atoms with Gasteiger partial charge in [0.2, 0.25) is 11.8 Å². The Kier molecular flexibility index (Phi) is 8.17. The summed E-state index contributed by atoms with van der Waals surface area (Å²) in [6, 6.07) is 16.5. The Morgan fingerprint density at radius 1 is 1.05 bits per heavy atom. The summed E-state index contributed by atoms with van der Waals surface area (Å²) < 4.78 is 24.2. The highest BCUT2D eigenvalue weighted by molar-refractivity contribution is 7.22. The van der Waals surface area contributed by atoms with Crippen LogP contribution in [0.25, 0.3) is 20.8 Å². The smallest absolute Gasteiger partial charge is 0.243 e. The van der Waals surface area contributed by atoms with Crippen LogP contribution in [0.5, 0.6) is 11.5 Å². The number of primary amides is 1. The van der Waals surface area contributed by atoms with E-state index >= 15 is 4.39 Å². The average Bonchev–Trinajstić information content (AvgIpc) is 3.79. The molecule has 2 aromatic carbocycles. The maximum Gasteiger partial charge on any atom is 0.243 e. The van der Waals surface area contributed by atoms with Crippen molar-refractivity contribution < 1.29 is 18.7 Å². The van der Waals surface area contributed by atoms with Gasteiger partial charge < -0.3 is 24.8 Å². The number of hydrogen-bond donors (Lipinski definition) is 1. The van der Waals surface area contributed by atoms with Gasteiger partial charge in [-0.2, -0.15) is 0 Å². The molecule has 0 radical (unpaired) electrons. The topological polar surface area (TPSA) is 107 Å². The summed E-state index contributed by atoms with van der Waals surface area (Å²) in [4.78, 5) is 39.3. The van der Waals surface area contributed by atoms with Gasteiger partial charge in [-0.3, -0.25) is 14.6 Å². The molecule has 1 saturated heterocycles. The Balaban J connectivity index is 1.20. The second-order valence-corrected chi connectivity index (χ2v) is 11.6. The van der Waals surface area contributed by atoms with Crippen molar-refractivity contribution in [1.29, 1.82) is 0 Å². The molecule has 5 aromatic rings. The van der Waals surface area contributed by atoms with Crippen LogP contribution in [0.3, 0.4) is 0 Å². The van der Waals surface area contributed by atoms with Gasteiger partial charge in [-0.25, -0.2) is 9.37 Å². The highest BCUT2D eigenvalue weighted by Crippen LogP contribution is 2.39. The standard InChI is InChI=1S/C32H31FN6O3S/c1-37(22-7-3-2-4-8-22)32(41)29(31(34)40)21-9-10-26(23(33)17-21)42-27-11-12-35-24-18-28(43-30(24)27)25-19-39(20-36-25)16-15-38-13-5-6-14-38/h2-4,7-12,17-20,29H,5-6,13-16H2,1H3,(H2,34,40). The number of fused-ring (bicyclic) bond motifs is 1. The Morgan fingerprint density at radius 2 is 1.84 bits per heavy atom. The lowest BCUT2D eigenvalue weighted by atomic mass is 9.96. The van der Waals surface area contributed by atoms with Crippen LogP contribution in [0.15, 0.2) is 79.4 Å². The zero-order chi connectivity index (χ0) is 29.9. The van der Waals surface area contributed by atoms with E-state index < -0.39 is 23.5 Å². The number of halogens is 1. The van der Waals surface area contributed by atoms with E-state index in [0.29, 0.717) is 17.0 Å².